The van der Waals surface area contributed by atoms with Gasteiger partial charge in [-0.3, -0.25) is 9.59 Å². The standard InChI is InChI=1S/C33H28F6N8O2S2/c1-3-18-6-8-24(50-18)20-14-26(32(34,35)36)46-28(40-20)16-22(42-46)30(48)44-10-5-11-45(13-12-44)31(49)23-17-29-41-21(25-9-7-19(4-2)51-25)15-27(33(37,38)39)47(29)43-23/h6-9,14-17H,3-5,10-13H2,1-2H3. The van der Waals surface area contributed by atoms with Crippen LogP contribution >= 0.6 is 22.7 Å². The van der Waals surface area contributed by atoms with Crippen LogP contribution in [0.2, 0.25) is 0 Å². The smallest absolute Gasteiger partial charge is 0.335 e. The number of hydrogen-bond donors (Lipinski definition) is 0. The Morgan fingerprint density at radius 2 is 1.06 bits per heavy atom. The van der Waals surface area contributed by atoms with Crippen molar-refractivity contribution in [2.24, 2.45) is 0 Å². The Labute approximate surface area is 294 Å². The van der Waals surface area contributed by atoms with Gasteiger partial charge in [0.05, 0.1) is 21.1 Å². The van der Waals surface area contributed by atoms with E-state index in [-0.39, 0.29) is 60.2 Å². The number of thiophene rings is 2. The molecule has 6 aromatic heterocycles. The molecule has 7 heterocycles. The Hall–Kier alpha value is -4.84. The zero-order valence-corrected chi connectivity index (χ0v) is 28.7. The summed E-state index contributed by atoms with van der Waals surface area (Å²) in [6, 6.07) is 11.3. The molecule has 0 spiro atoms. The number of aromatic nitrogens is 6. The molecule has 51 heavy (non-hydrogen) atoms. The van der Waals surface area contributed by atoms with Crippen LogP contribution in [-0.4, -0.2) is 77.0 Å². The average Bonchev–Trinajstić information content (AvgIpc) is 3.89. The van der Waals surface area contributed by atoms with E-state index in [2.05, 4.69) is 20.2 Å². The molecule has 0 aromatic carbocycles. The highest BCUT2D eigenvalue weighted by atomic mass is 32.1. The minimum absolute atomic E-state index is 0.0000476. The summed E-state index contributed by atoms with van der Waals surface area (Å²) in [5.41, 5.74) is -2.72. The SMILES string of the molecule is CCc1ccc(-c2cc(C(F)(F)F)n3nc(C(=O)N4CCCN(C(=O)c5cc6nc(-c7ccc(CC)s7)cc(C(F)(F)F)n6n5)CC4)cc3n2)s1. The summed E-state index contributed by atoms with van der Waals surface area (Å²) in [5.74, 6) is -1.29. The molecule has 0 N–H and O–H groups in total. The van der Waals surface area contributed by atoms with Crippen molar-refractivity contribution in [1.29, 1.82) is 0 Å². The fourth-order valence-corrected chi connectivity index (χ4v) is 7.69. The van der Waals surface area contributed by atoms with Crippen molar-refractivity contribution in [2.45, 2.75) is 45.5 Å². The van der Waals surface area contributed by atoms with Crippen LogP contribution in [0.4, 0.5) is 26.3 Å². The topological polar surface area (TPSA) is 101 Å². The van der Waals surface area contributed by atoms with Crippen molar-refractivity contribution in [3.8, 4) is 21.1 Å². The number of nitrogens with zero attached hydrogens (tertiary/aromatic N) is 8. The lowest BCUT2D eigenvalue weighted by Gasteiger charge is -2.21. The van der Waals surface area contributed by atoms with Gasteiger partial charge < -0.3 is 9.80 Å². The van der Waals surface area contributed by atoms with E-state index in [9.17, 15) is 35.9 Å². The maximum atomic E-state index is 14.1. The van der Waals surface area contributed by atoms with Crippen LogP contribution in [0.5, 0.6) is 0 Å². The minimum Gasteiger partial charge on any atom is -0.335 e. The van der Waals surface area contributed by atoms with E-state index in [1.54, 1.807) is 12.1 Å². The van der Waals surface area contributed by atoms with Gasteiger partial charge in [-0.15, -0.1) is 22.7 Å². The monoisotopic (exact) mass is 746 g/mol. The lowest BCUT2D eigenvalue weighted by atomic mass is 10.2. The second kappa shape index (κ2) is 13.0. The van der Waals surface area contributed by atoms with E-state index < -0.39 is 35.6 Å². The molecule has 0 atom stereocenters. The van der Waals surface area contributed by atoms with E-state index in [4.69, 9.17) is 0 Å². The molecule has 2 amide bonds. The Balaban J connectivity index is 1.12. The summed E-state index contributed by atoms with van der Waals surface area (Å²) in [6.07, 6.45) is -7.84. The summed E-state index contributed by atoms with van der Waals surface area (Å²) >= 11 is 2.66. The molecule has 0 radical (unpaired) electrons. The zero-order valence-electron chi connectivity index (χ0n) is 27.0. The summed E-state index contributed by atoms with van der Waals surface area (Å²) in [7, 11) is 0. The van der Waals surface area contributed by atoms with Gasteiger partial charge in [-0.25, -0.2) is 19.0 Å². The predicted octanol–water partition coefficient (Wildman–Crippen LogP) is 7.38. The Morgan fingerprint density at radius 1 is 0.647 bits per heavy atom. The molecule has 0 saturated carbocycles. The van der Waals surface area contributed by atoms with Gasteiger partial charge in [0.25, 0.3) is 11.8 Å². The fraction of sp³-hybridized carbons (Fsp3) is 0.333. The largest absolute Gasteiger partial charge is 0.433 e. The molecule has 266 valence electrons. The summed E-state index contributed by atoms with van der Waals surface area (Å²) in [4.78, 5) is 41.7. The first-order chi connectivity index (χ1) is 24.2. The molecule has 0 aliphatic carbocycles. The molecule has 10 nitrogen and oxygen atoms in total. The molecule has 7 rings (SSSR count). The number of halogens is 6. The van der Waals surface area contributed by atoms with E-state index in [0.717, 1.165) is 34.7 Å². The van der Waals surface area contributed by atoms with Crippen LogP contribution in [0.1, 0.15) is 62.4 Å². The van der Waals surface area contributed by atoms with E-state index in [1.165, 1.54) is 44.6 Å². The predicted molar refractivity (Wildman–Crippen MR) is 178 cm³/mol. The summed E-state index contributed by atoms with van der Waals surface area (Å²) in [5, 5.41) is 7.97. The van der Waals surface area contributed by atoms with Gasteiger partial charge in [-0.05, 0) is 55.7 Å². The van der Waals surface area contributed by atoms with Crippen molar-refractivity contribution in [3.63, 3.8) is 0 Å². The van der Waals surface area contributed by atoms with Gasteiger partial charge in [0.1, 0.15) is 0 Å². The number of amides is 2. The van der Waals surface area contributed by atoms with Crippen molar-refractivity contribution >= 4 is 45.8 Å². The number of fused-ring (bicyclic) bond motifs is 2. The zero-order chi connectivity index (χ0) is 36.2. The van der Waals surface area contributed by atoms with Gasteiger partial charge in [-0.2, -0.15) is 36.5 Å². The highest BCUT2D eigenvalue weighted by Gasteiger charge is 2.38. The first-order valence-electron chi connectivity index (χ1n) is 16.0. The Kier molecular flexibility index (Phi) is 8.85. The van der Waals surface area contributed by atoms with Crippen LogP contribution < -0.4 is 0 Å². The molecular formula is C33H28F6N8O2S2. The molecule has 1 aliphatic rings. The Morgan fingerprint density at radius 3 is 1.41 bits per heavy atom. The fourth-order valence-electron chi connectivity index (χ4n) is 5.87. The first-order valence-corrected chi connectivity index (χ1v) is 17.6. The van der Waals surface area contributed by atoms with Gasteiger partial charge in [0.2, 0.25) is 0 Å². The molecule has 6 aromatic rings. The van der Waals surface area contributed by atoms with Gasteiger partial charge in [0, 0.05) is 48.1 Å². The molecule has 18 heteroatoms. The third-order valence-corrected chi connectivity index (χ3v) is 11.0. The number of rotatable bonds is 6. The second-order valence-electron chi connectivity index (χ2n) is 11.8. The van der Waals surface area contributed by atoms with Crippen LogP contribution in [0.25, 0.3) is 32.4 Å². The van der Waals surface area contributed by atoms with Crippen LogP contribution in [-0.2, 0) is 25.2 Å². The van der Waals surface area contributed by atoms with Gasteiger partial charge in [-0.1, -0.05) is 13.8 Å². The van der Waals surface area contributed by atoms with E-state index in [1.807, 2.05) is 26.0 Å². The quantitative estimate of drug-likeness (QED) is 0.165. The number of hydrogen-bond acceptors (Lipinski definition) is 8. The third kappa shape index (κ3) is 6.69. The molecule has 0 unspecified atom stereocenters. The van der Waals surface area contributed by atoms with Crippen molar-refractivity contribution < 1.29 is 35.9 Å². The second-order valence-corrected chi connectivity index (χ2v) is 14.2. The highest BCUT2D eigenvalue weighted by Crippen LogP contribution is 2.36. The van der Waals surface area contributed by atoms with Crippen molar-refractivity contribution in [3.05, 3.63) is 81.1 Å². The van der Waals surface area contributed by atoms with Crippen molar-refractivity contribution in [1.82, 2.24) is 39.0 Å². The average molecular weight is 747 g/mol. The molecule has 1 saturated heterocycles. The highest BCUT2D eigenvalue weighted by molar-refractivity contribution is 7.15. The van der Waals surface area contributed by atoms with E-state index >= 15 is 0 Å². The molecule has 1 aliphatic heterocycles. The molecule has 1 fully saturated rings. The maximum Gasteiger partial charge on any atom is 0.433 e. The Bertz CT molecular complexity index is 2130. The van der Waals surface area contributed by atoms with Gasteiger partial charge in [0.15, 0.2) is 34.1 Å². The first kappa shape index (κ1) is 34.6. The van der Waals surface area contributed by atoms with Crippen LogP contribution in [0, 0.1) is 0 Å². The van der Waals surface area contributed by atoms with Crippen LogP contribution in [0.3, 0.4) is 0 Å². The van der Waals surface area contributed by atoms with Crippen molar-refractivity contribution in [2.75, 3.05) is 26.2 Å². The minimum atomic E-state index is -4.78. The number of alkyl halides is 6. The number of carbonyl (C=O) groups excluding carboxylic acids is 2. The van der Waals surface area contributed by atoms with Crippen LogP contribution in [0.15, 0.2) is 48.5 Å². The summed E-state index contributed by atoms with van der Waals surface area (Å²) in [6.45, 7) is 4.19. The van der Waals surface area contributed by atoms with E-state index in [0.29, 0.717) is 25.2 Å². The van der Waals surface area contributed by atoms with Gasteiger partial charge >= 0.3 is 12.4 Å². The molecule has 0 bridgehead atoms. The number of aryl methyl sites for hydroxylation is 2. The lowest BCUT2D eigenvalue weighted by Crippen LogP contribution is -2.37. The maximum absolute atomic E-state index is 14.1. The molecular weight excluding hydrogens is 719 g/mol. The lowest BCUT2D eigenvalue weighted by molar-refractivity contribution is -0.143. The third-order valence-electron chi connectivity index (χ3n) is 8.47. The normalized spacial score (nSPS) is 14.5. The summed E-state index contributed by atoms with van der Waals surface area (Å²) < 4.78 is 86.1. The number of carbonyl (C=O) groups is 2.